The summed E-state index contributed by atoms with van der Waals surface area (Å²) in [6.07, 6.45) is 3.68. The molecule has 0 saturated carbocycles. The van der Waals surface area contributed by atoms with Gasteiger partial charge in [-0.1, -0.05) is 0 Å². The molecule has 0 atom stereocenters. The fourth-order valence-electron chi connectivity index (χ4n) is 1.89. The Morgan fingerprint density at radius 2 is 1.93 bits per heavy atom. The Hall–Kier alpha value is -0.610. The van der Waals surface area contributed by atoms with Gasteiger partial charge in [-0.3, -0.25) is 4.99 Å². The van der Waals surface area contributed by atoms with Crippen LogP contribution in [0.3, 0.4) is 0 Å². The van der Waals surface area contributed by atoms with Gasteiger partial charge in [0.1, 0.15) is 5.84 Å². The molecule has 0 aromatic carbocycles. The molecule has 0 aromatic rings. The lowest BCUT2D eigenvalue weighted by molar-refractivity contribution is 0.129. The van der Waals surface area contributed by atoms with E-state index in [2.05, 4.69) is 27.4 Å². The number of amidine groups is 1. The van der Waals surface area contributed by atoms with E-state index in [0.717, 1.165) is 39.1 Å². The van der Waals surface area contributed by atoms with Crippen LogP contribution in [0.5, 0.6) is 0 Å². The Bertz CT molecular complexity index is 206. The van der Waals surface area contributed by atoms with Gasteiger partial charge in [-0.2, -0.15) is 0 Å². The van der Waals surface area contributed by atoms with Crippen molar-refractivity contribution in [2.45, 2.75) is 19.3 Å². The van der Waals surface area contributed by atoms with Crippen molar-refractivity contribution in [3.63, 3.8) is 0 Å². The highest BCUT2D eigenvalue weighted by Crippen LogP contribution is 2.05. The Balaban J connectivity index is 1.77. The molecule has 0 radical (unpaired) electrons. The Morgan fingerprint density at radius 1 is 1.14 bits per heavy atom. The lowest BCUT2D eigenvalue weighted by Crippen LogP contribution is -2.52. The maximum atomic E-state index is 4.49. The summed E-state index contributed by atoms with van der Waals surface area (Å²) in [5, 5.41) is 2.30. The summed E-state index contributed by atoms with van der Waals surface area (Å²) in [5.41, 5.74) is 3.44. The first-order valence-electron chi connectivity index (χ1n) is 5.58. The molecule has 1 fully saturated rings. The third kappa shape index (κ3) is 2.69. The lowest BCUT2D eigenvalue weighted by Gasteiger charge is -2.33. The van der Waals surface area contributed by atoms with Crippen LogP contribution in [0.15, 0.2) is 4.99 Å². The van der Waals surface area contributed by atoms with Crippen LogP contribution in [0.2, 0.25) is 0 Å². The summed E-state index contributed by atoms with van der Waals surface area (Å²) in [7, 11) is 2.18. The van der Waals surface area contributed by atoms with Crippen LogP contribution in [-0.4, -0.2) is 55.5 Å². The quantitative estimate of drug-likeness (QED) is 0.655. The van der Waals surface area contributed by atoms with Gasteiger partial charge in [0, 0.05) is 39.1 Å². The number of likely N-dealkylation sites (N-methyl/N-ethyl adjacent to an activating group) is 1. The SMILES string of the molecule is CN1CCN(NC2=NCCCC2)CC1. The monoisotopic (exact) mass is 196 g/mol. The summed E-state index contributed by atoms with van der Waals surface area (Å²) >= 11 is 0. The molecule has 2 rings (SSSR count). The molecule has 0 aromatic heterocycles. The zero-order chi connectivity index (χ0) is 9.80. The van der Waals surface area contributed by atoms with Gasteiger partial charge in [0.15, 0.2) is 0 Å². The maximum absolute atomic E-state index is 4.49. The van der Waals surface area contributed by atoms with Crippen molar-refractivity contribution in [2.24, 2.45) is 4.99 Å². The Morgan fingerprint density at radius 3 is 2.57 bits per heavy atom. The molecule has 0 bridgehead atoms. The standard InChI is InChI=1S/C10H20N4/c1-13-6-8-14(9-7-13)12-10-4-2-3-5-11-10/h2-9H2,1H3,(H,11,12). The fraction of sp³-hybridized carbons (Fsp3) is 0.900. The van der Waals surface area contributed by atoms with Gasteiger partial charge in [-0.05, 0) is 19.9 Å². The van der Waals surface area contributed by atoms with Crippen LogP contribution in [0, 0.1) is 0 Å². The first-order valence-corrected chi connectivity index (χ1v) is 5.58. The minimum atomic E-state index is 1.01. The number of rotatable bonds is 1. The van der Waals surface area contributed by atoms with Crippen LogP contribution in [0.25, 0.3) is 0 Å². The minimum absolute atomic E-state index is 1.01. The van der Waals surface area contributed by atoms with Crippen LogP contribution < -0.4 is 5.43 Å². The summed E-state index contributed by atoms with van der Waals surface area (Å²) < 4.78 is 0. The van der Waals surface area contributed by atoms with E-state index in [1.54, 1.807) is 0 Å². The van der Waals surface area contributed by atoms with Gasteiger partial charge in [0.05, 0.1) is 0 Å². The highest BCUT2D eigenvalue weighted by molar-refractivity contribution is 5.82. The molecular formula is C10H20N4. The van der Waals surface area contributed by atoms with Gasteiger partial charge in [-0.15, -0.1) is 0 Å². The molecule has 2 aliphatic rings. The summed E-state index contributed by atoms with van der Waals surface area (Å²) in [4.78, 5) is 6.85. The largest absolute Gasteiger partial charge is 0.307 e. The average Bonchev–Trinajstić information content (AvgIpc) is 2.23. The molecule has 2 heterocycles. The summed E-state index contributed by atoms with van der Waals surface area (Å²) in [6, 6.07) is 0. The first kappa shape index (κ1) is 9.93. The highest BCUT2D eigenvalue weighted by atomic mass is 15.5. The number of aliphatic imine (C=N–C) groups is 1. The number of hydrogen-bond acceptors (Lipinski definition) is 4. The number of nitrogens with one attached hydrogen (secondary N) is 1. The van der Waals surface area contributed by atoms with Crippen molar-refractivity contribution in [3.8, 4) is 0 Å². The number of hydrogen-bond donors (Lipinski definition) is 1. The molecule has 0 unspecified atom stereocenters. The van der Waals surface area contributed by atoms with Gasteiger partial charge < -0.3 is 10.3 Å². The van der Waals surface area contributed by atoms with E-state index in [1.807, 2.05) is 0 Å². The topological polar surface area (TPSA) is 30.9 Å². The zero-order valence-electron chi connectivity index (χ0n) is 9.00. The number of piperazine rings is 1. The van der Waals surface area contributed by atoms with E-state index in [-0.39, 0.29) is 0 Å². The second-order valence-electron chi connectivity index (χ2n) is 4.19. The zero-order valence-corrected chi connectivity index (χ0v) is 9.00. The lowest BCUT2D eigenvalue weighted by atomic mass is 10.2. The molecule has 14 heavy (non-hydrogen) atoms. The Labute approximate surface area is 85.9 Å². The van der Waals surface area contributed by atoms with Crippen LogP contribution in [0.1, 0.15) is 19.3 Å². The van der Waals surface area contributed by atoms with E-state index in [0.29, 0.717) is 0 Å². The van der Waals surface area contributed by atoms with Crippen LogP contribution in [0.4, 0.5) is 0 Å². The third-order valence-electron chi connectivity index (χ3n) is 2.91. The van der Waals surface area contributed by atoms with Crippen molar-refractivity contribution < 1.29 is 0 Å². The third-order valence-corrected chi connectivity index (χ3v) is 2.91. The normalized spacial score (nSPS) is 25.9. The molecule has 80 valence electrons. The van der Waals surface area contributed by atoms with Gasteiger partial charge >= 0.3 is 0 Å². The van der Waals surface area contributed by atoms with Crippen molar-refractivity contribution >= 4 is 5.84 Å². The second kappa shape index (κ2) is 4.75. The molecule has 0 amide bonds. The molecule has 4 nitrogen and oxygen atoms in total. The highest BCUT2D eigenvalue weighted by Gasteiger charge is 2.15. The minimum Gasteiger partial charge on any atom is -0.307 e. The van der Waals surface area contributed by atoms with Crippen molar-refractivity contribution in [1.82, 2.24) is 15.3 Å². The van der Waals surface area contributed by atoms with Crippen LogP contribution >= 0.6 is 0 Å². The first-order chi connectivity index (χ1) is 6.84. The molecular weight excluding hydrogens is 176 g/mol. The van der Waals surface area contributed by atoms with E-state index < -0.39 is 0 Å². The molecule has 1 saturated heterocycles. The van der Waals surface area contributed by atoms with E-state index in [9.17, 15) is 0 Å². The van der Waals surface area contributed by atoms with Crippen molar-refractivity contribution in [3.05, 3.63) is 0 Å². The van der Waals surface area contributed by atoms with E-state index >= 15 is 0 Å². The van der Waals surface area contributed by atoms with Gasteiger partial charge in [-0.25, -0.2) is 5.01 Å². The predicted molar refractivity (Wildman–Crippen MR) is 58.4 cm³/mol. The van der Waals surface area contributed by atoms with Gasteiger partial charge in [0.2, 0.25) is 0 Å². The van der Waals surface area contributed by atoms with Crippen LogP contribution in [-0.2, 0) is 0 Å². The molecule has 2 aliphatic heterocycles. The number of nitrogens with zero attached hydrogens (tertiary/aromatic N) is 3. The summed E-state index contributed by atoms with van der Waals surface area (Å²) in [6.45, 7) is 5.53. The van der Waals surface area contributed by atoms with E-state index in [1.165, 1.54) is 18.7 Å². The molecule has 1 N–H and O–H groups in total. The van der Waals surface area contributed by atoms with Gasteiger partial charge in [0.25, 0.3) is 0 Å². The molecule has 0 aliphatic carbocycles. The number of hydrazine groups is 1. The predicted octanol–water partition coefficient (Wildman–Crippen LogP) is 0.321. The van der Waals surface area contributed by atoms with Crippen molar-refractivity contribution in [2.75, 3.05) is 39.8 Å². The molecule has 4 heteroatoms. The fourth-order valence-corrected chi connectivity index (χ4v) is 1.89. The van der Waals surface area contributed by atoms with E-state index in [4.69, 9.17) is 0 Å². The summed E-state index contributed by atoms with van der Waals surface area (Å²) in [5.74, 6) is 1.20. The molecule has 0 spiro atoms. The second-order valence-corrected chi connectivity index (χ2v) is 4.19. The average molecular weight is 196 g/mol. The Kier molecular flexibility index (Phi) is 3.37. The van der Waals surface area contributed by atoms with Crippen molar-refractivity contribution in [1.29, 1.82) is 0 Å². The smallest absolute Gasteiger partial charge is 0.111 e. The maximum Gasteiger partial charge on any atom is 0.111 e.